The van der Waals surface area contributed by atoms with Crippen LogP contribution >= 0.6 is 0 Å². The molecule has 0 radical (unpaired) electrons. The number of likely N-dealkylation sites (N-methyl/N-ethyl adjacent to an activating group) is 1. The lowest BCUT2D eigenvalue weighted by Gasteiger charge is -2.32. The van der Waals surface area contributed by atoms with E-state index in [1.54, 1.807) is 6.26 Å². The van der Waals surface area contributed by atoms with Crippen LogP contribution in [-0.4, -0.2) is 49.0 Å². The van der Waals surface area contributed by atoms with Crippen molar-refractivity contribution in [2.45, 2.75) is 19.8 Å². The molecule has 3 rings (SSSR count). The quantitative estimate of drug-likeness (QED) is 0.936. The molecule has 0 unspecified atom stereocenters. The molecule has 1 aliphatic heterocycles. The standard InChI is InChI=1S/C17H23N3O2/c1-3-13-4-5-16-15(10-13)14(12-22-16)11-17(21)18-20-8-6-19(2)7-9-20/h4-5,10,12H,3,6-9,11H2,1-2H3,(H,18,21). The summed E-state index contributed by atoms with van der Waals surface area (Å²) in [4.78, 5) is 14.5. The Kier molecular flexibility index (Phi) is 4.45. The van der Waals surface area contributed by atoms with Gasteiger partial charge >= 0.3 is 0 Å². The summed E-state index contributed by atoms with van der Waals surface area (Å²) in [5, 5.41) is 3.05. The van der Waals surface area contributed by atoms with E-state index in [0.717, 1.165) is 49.1 Å². The average molecular weight is 301 g/mol. The molecule has 0 spiro atoms. The van der Waals surface area contributed by atoms with Crippen molar-refractivity contribution in [2.24, 2.45) is 0 Å². The van der Waals surface area contributed by atoms with E-state index < -0.39 is 0 Å². The van der Waals surface area contributed by atoms with E-state index in [1.165, 1.54) is 5.56 Å². The molecule has 1 amide bonds. The summed E-state index contributed by atoms with van der Waals surface area (Å²) in [6.45, 7) is 5.83. The van der Waals surface area contributed by atoms with Crippen LogP contribution in [0.15, 0.2) is 28.9 Å². The highest BCUT2D eigenvalue weighted by Gasteiger charge is 2.17. The van der Waals surface area contributed by atoms with Gasteiger partial charge in [-0.1, -0.05) is 13.0 Å². The molecule has 1 aromatic carbocycles. The van der Waals surface area contributed by atoms with Gasteiger partial charge in [0.1, 0.15) is 5.58 Å². The Labute approximate surface area is 130 Å². The van der Waals surface area contributed by atoms with Crippen LogP contribution in [0.25, 0.3) is 11.0 Å². The molecule has 5 heteroatoms. The summed E-state index contributed by atoms with van der Waals surface area (Å²) >= 11 is 0. The third kappa shape index (κ3) is 3.31. The number of fused-ring (bicyclic) bond motifs is 1. The van der Waals surface area contributed by atoms with E-state index in [4.69, 9.17) is 4.42 Å². The van der Waals surface area contributed by atoms with E-state index in [2.05, 4.69) is 36.4 Å². The molecule has 0 atom stereocenters. The monoisotopic (exact) mass is 301 g/mol. The number of nitrogens with one attached hydrogen (secondary N) is 1. The van der Waals surface area contributed by atoms with Crippen LogP contribution < -0.4 is 5.43 Å². The van der Waals surface area contributed by atoms with Gasteiger partial charge in [0, 0.05) is 37.1 Å². The predicted octanol–water partition coefficient (Wildman–Crippen LogP) is 1.82. The highest BCUT2D eigenvalue weighted by molar-refractivity contribution is 5.87. The first-order valence-electron chi connectivity index (χ1n) is 7.87. The third-order valence-corrected chi connectivity index (χ3v) is 4.26. The predicted molar refractivity (Wildman–Crippen MR) is 86.5 cm³/mol. The Balaban J connectivity index is 1.66. The summed E-state index contributed by atoms with van der Waals surface area (Å²) in [6, 6.07) is 6.17. The Morgan fingerprint density at radius 2 is 2.05 bits per heavy atom. The van der Waals surface area contributed by atoms with Gasteiger partial charge < -0.3 is 9.32 Å². The van der Waals surface area contributed by atoms with Crippen LogP contribution in [0.5, 0.6) is 0 Å². The largest absolute Gasteiger partial charge is 0.464 e. The zero-order chi connectivity index (χ0) is 15.5. The molecule has 1 N–H and O–H groups in total. The number of hydrogen-bond acceptors (Lipinski definition) is 4. The van der Waals surface area contributed by atoms with Gasteiger partial charge in [0.05, 0.1) is 12.7 Å². The molecule has 5 nitrogen and oxygen atoms in total. The number of carbonyl (C=O) groups is 1. The molecule has 1 aliphatic rings. The SMILES string of the molecule is CCc1ccc2occ(CC(=O)NN3CCN(C)CC3)c2c1. The number of carbonyl (C=O) groups excluding carboxylic acids is 1. The number of hydrogen-bond donors (Lipinski definition) is 1. The second-order valence-electron chi connectivity index (χ2n) is 5.95. The number of furan rings is 1. The number of piperazine rings is 1. The fourth-order valence-corrected chi connectivity index (χ4v) is 2.79. The van der Waals surface area contributed by atoms with Crippen LogP contribution in [0.1, 0.15) is 18.1 Å². The lowest BCUT2D eigenvalue weighted by atomic mass is 10.1. The third-order valence-electron chi connectivity index (χ3n) is 4.26. The maximum Gasteiger partial charge on any atom is 0.238 e. The summed E-state index contributed by atoms with van der Waals surface area (Å²) in [5.74, 6) is 0.0224. The normalized spacial score (nSPS) is 17.0. The van der Waals surface area contributed by atoms with E-state index in [1.807, 2.05) is 11.1 Å². The molecule has 118 valence electrons. The minimum Gasteiger partial charge on any atom is -0.464 e. The highest BCUT2D eigenvalue weighted by Crippen LogP contribution is 2.23. The smallest absolute Gasteiger partial charge is 0.238 e. The summed E-state index contributed by atoms with van der Waals surface area (Å²) in [5.41, 5.74) is 6.06. The van der Waals surface area contributed by atoms with Crippen LogP contribution in [0, 0.1) is 0 Å². The van der Waals surface area contributed by atoms with E-state index in [9.17, 15) is 4.79 Å². The Morgan fingerprint density at radius 3 is 2.77 bits per heavy atom. The van der Waals surface area contributed by atoms with Gasteiger partial charge in [-0.25, -0.2) is 5.01 Å². The second-order valence-corrected chi connectivity index (χ2v) is 5.95. The number of amides is 1. The molecule has 0 saturated carbocycles. The molecule has 2 aromatic rings. The molecule has 1 aromatic heterocycles. The Bertz CT molecular complexity index is 657. The first kappa shape index (κ1) is 15.1. The Morgan fingerprint density at radius 1 is 1.27 bits per heavy atom. The van der Waals surface area contributed by atoms with Gasteiger partial charge in [0.2, 0.25) is 5.91 Å². The maximum absolute atomic E-state index is 12.3. The molecule has 0 bridgehead atoms. The number of hydrazine groups is 1. The number of benzene rings is 1. The first-order chi connectivity index (χ1) is 10.7. The van der Waals surface area contributed by atoms with E-state index >= 15 is 0 Å². The number of nitrogens with zero attached hydrogens (tertiary/aromatic N) is 2. The van der Waals surface area contributed by atoms with Crippen molar-refractivity contribution in [1.29, 1.82) is 0 Å². The van der Waals surface area contributed by atoms with Crippen molar-refractivity contribution in [1.82, 2.24) is 15.3 Å². The summed E-state index contributed by atoms with van der Waals surface area (Å²) in [6.07, 6.45) is 3.04. The summed E-state index contributed by atoms with van der Waals surface area (Å²) in [7, 11) is 2.10. The van der Waals surface area contributed by atoms with Gasteiger partial charge in [-0.3, -0.25) is 10.2 Å². The van der Waals surface area contributed by atoms with Gasteiger partial charge in [-0.2, -0.15) is 0 Å². The molecule has 1 fully saturated rings. The van der Waals surface area contributed by atoms with Crippen LogP contribution in [0.2, 0.25) is 0 Å². The van der Waals surface area contributed by atoms with Crippen molar-refractivity contribution < 1.29 is 9.21 Å². The van der Waals surface area contributed by atoms with Crippen LogP contribution in [0.4, 0.5) is 0 Å². The second kappa shape index (κ2) is 6.50. The lowest BCUT2D eigenvalue weighted by molar-refractivity contribution is -0.126. The van der Waals surface area contributed by atoms with Gasteiger partial charge in [-0.05, 0) is 31.2 Å². The fourth-order valence-electron chi connectivity index (χ4n) is 2.79. The summed E-state index contributed by atoms with van der Waals surface area (Å²) < 4.78 is 5.55. The van der Waals surface area contributed by atoms with Crippen molar-refractivity contribution in [3.8, 4) is 0 Å². The number of aryl methyl sites for hydroxylation is 1. The molecule has 1 saturated heterocycles. The highest BCUT2D eigenvalue weighted by atomic mass is 16.3. The van der Waals surface area contributed by atoms with Gasteiger partial charge in [0.25, 0.3) is 0 Å². The van der Waals surface area contributed by atoms with Gasteiger partial charge in [-0.15, -0.1) is 0 Å². The topological polar surface area (TPSA) is 48.7 Å². The molecular weight excluding hydrogens is 278 g/mol. The fraction of sp³-hybridized carbons (Fsp3) is 0.471. The van der Waals surface area contributed by atoms with Crippen LogP contribution in [-0.2, 0) is 17.6 Å². The lowest BCUT2D eigenvalue weighted by Crippen LogP contribution is -2.52. The van der Waals surface area contributed by atoms with Crippen molar-refractivity contribution >= 4 is 16.9 Å². The number of rotatable bonds is 4. The van der Waals surface area contributed by atoms with Gasteiger partial charge in [0.15, 0.2) is 0 Å². The zero-order valence-electron chi connectivity index (χ0n) is 13.3. The van der Waals surface area contributed by atoms with Crippen molar-refractivity contribution in [2.75, 3.05) is 33.2 Å². The Hall–Kier alpha value is -1.85. The molecular formula is C17H23N3O2. The molecule has 2 heterocycles. The van der Waals surface area contributed by atoms with Crippen LogP contribution in [0.3, 0.4) is 0 Å². The maximum atomic E-state index is 12.3. The molecule has 22 heavy (non-hydrogen) atoms. The van der Waals surface area contributed by atoms with E-state index in [0.29, 0.717) is 6.42 Å². The average Bonchev–Trinajstić information content (AvgIpc) is 2.91. The first-order valence-corrected chi connectivity index (χ1v) is 7.87. The van der Waals surface area contributed by atoms with E-state index in [-0.39, 0.29) is 5.91 Å². The minimum absolute atomic E-state index is 0.0224. The molecule has 0 aliphatic carbocycles. The minimum atomic E-state index is 0.0224. The zero-order valence-corrected chi connectivity index (χ0v) is 13.3. The van der Waals surface area contributed by atoms with Crippen molar-refractivity contribution in [3.63, 3.8) is 0 Å². The van der Waals surface area contributed by atoms with Crippen molar-refractivity contribution in [3.05, 3.63) is 35.6 Å².